The molecule has 4 N–H and O–H groups in total. The molecule has 0 aromatic heterocycles. The molecule has 0 heterocycles. The van der Waals surface area contributed by atoms with E-state index in [1.807, 2.05) is 13.8 Å². The molecule has 0 radical (unpaired) electrons. The number of carbonyl (C=O) groups excluding carboxylic acids is 2. The van der Waals surface area contributed by atoms with E-state index >= 15 is 0 Å². The van der Waals surface area contributed by atoms with E-state index in [4.69, 9.17) is 5.73 Å². The summed E-state index contributed by atoms with van der Waals surface area (Å²) in [6.45, 7) is 4.17. The van der Waals surface area contributed by atoms with Gasteiger partial charge in [-0.1, -0.05) is 19.4 Å². The van der Waals surface area contributed by atoms with Crippen LogP contribution in [0.5, 0.6) is 0 Å². The molecule has 1 aromatic rings. The molecule has 2 amide bonds. The molecule has 1 unspecified atom stereocenters. The maximum absolute atomic E-state index is 12.1. The summed E-state index contributed by atoms with van der Waals surface area (Å²) in [5.41, 5.74) is 7.60. The second-order valence-corrected chi connectivity index (χ2v) is 4.77. The lowest BCUT2D eigenvalue weighted by molar-refractivity contribution is -0.119. The van der Waals surface area contributed by atoms with Crippen LogP contribution in [0.25, 0.3) is 0 Å². The van der Waals surface area contributed by atoms with Gasteiger partial charge < -0.3 is 16.4 Å². The van der Waals surface area contributed by atoms with Gasteiger partial charge in [0.15, 0.2) is 0 Å². The van der Waals surface area contributed by atoms with Crippen LogP contribution in [0.4, 0.5) is 5.69 Å². The van der Waals surface area contributed by atoms with Gasteiger partial charge in [-0.05, 0) is 31.0 Å². The first kappa shape index (κ1) is 16.2. The highest BCUT2D eigenvalue weighted by atomic mass is 16.2. The third kappa shape index (κ3) is 3.81. The molecule has 0 saturated carbocycles. The Labute approximate surface area is 119 Å². The topological polar surface area (TPSA) is 84.2 Å². The first-order chi connectivity index (χ1) is 9.54. The summed E-state index contributed by atoms with van der Waals surface area (Å²) in [5.74, 6) is -0.447. The summed E-state index contributed by atoms with van der Waals surface area (Å²) >= 11 is 0. The molecule has 0 spiro atoms. The van der Waals surface area contributed by atoms with Gasteiger partial charge in [0.1, 0.15) is 0 Å². The fourth-order valence-electron chi connectivity index (χ4n) is 2.09. The van der Waals surface area contributed by atoms with E-state index in [1.54, 1.807) is 25.2 Å². The average Bonchev–Trinajstić information content (AvgIpc) is 2.45. The Hall–Kier alpha value is -1.88. The molecule has 110 valence electrons. The highest BCUT2D eigenvalue weighted by molar-refractivity contribution is 5.99. The molecule has 5 heteroatoms. The third-order valence-corrected chi connectivity index (χ3v) is 3.36. The van der Waals surface area contributed by atoms with Crippen LogP contribution in [-0.2, 0) is 4.79 Å². The van der Waals surface area contributed by atoms with E-state index in [0.29, 0.717) is 17.8 Å². The van der Waals surface area contributed by atoms with Crippen molar-refractivity contribution in [1.29, 1.82) is 0 Å². The molecule has 0 saturated heterocycles. The summed E-state index contributed by atoms with van der Waals surface area (Å²) in [6.07, 6.45) is 1.67. The third-order valence-electron chi connectivity index (χ3n) is 3.36. The van der Waals surface area contributed by atoms with Crippen LogP contribution in [0, 0.1) is 12.8 Å². The largest absolute Gasteiger partial charge is 0.355 e. The molecule has 20 heavy (non-hydrogen) atoms. The Morgan fingerprint density at radius 1 is 1.35 bits per heavy atom. The van der Waals surface area contributed by atoms with E-state index < -0.39 is 0 Å². The normalized spacial score (nSPS) is 11.8. The molecule has 5 nitrogen and oxygen atoms in total. The smallest absolute Gasteiger partial charge is 0.251 e. The van der Waals surface area contributed by atoms with Gasteiger partial charge in [-0.3, -0.25) is 9.59 Å². The van der Waals surface area contributed by atoms with Crippen molar-refractivity contribution >= 4 is 17.5 Å². The van der Waals surface area contributed by atoms with Gasteiger partial charge in [0, 0.05) is 24.8 Å². The number of hydrogen-bond acceptors (Lipinski definition) is 3. The van der Waals surface area contributed by atoms with E-state index in [1.165, 1.54) is 0 Å². The van der Waals surface area contributed by atoms with Gasteiger partial charge in [-0.2, -0.15) is 0 Å². The molecule has 0 aliphatic heterocycles. The lowest BCUT2D eigenvalue weighted by Crippen LogP contribution is -2.29. The molecule has 0 bridgehead atoms. The maximum atomic E-state index is 12.1. The van der Waals surface area contributed by atoms with Crippen LogP contribution < -0.4 is 16.4 Å². The van der Waals surface area contributed by atoms with Crippen LogP contribution in [0.2, 0.25) is 0 Å². The van der Waals surface area contributed by atoms with E-state index in [0.717, 1.165) is 18.4 Å². The number of amides is 2. The molecule has 1 rings (SSSR count). The molecule has 1 atom stereocenters. The quantitative estimate of drug-likeness (QED) is 0.739. The number of rotatable bonds is 6. The average molecular weight is 277 g/mol. The van der Waals surface area contributed by atoms with Gasteiger partial charge >= 0.3 is 0 Å². The summed E-state index contributed by atoms with van der Waals surface area (Å²) < 4.78 is 0. The molecule has 0 aliphatic rings. The fourth-order valence-corrected chi connectivity index (χ4v) is 2.09. The molecule has 1 aromatic carbocycles. The number of nitrogens with two attached hydrogens (primary N) is 1. The van der Waals surface area contributed by atoms with Gasteiger partial charge in [0.2, 0.25) is 5.91 Å². The standard InChI is InChI=1S/C15H23N3O2/c1-4-6-11(9-16)14(19)18-13-8-5-7-12(10(13)2)15(20)17-3/h5,7-8,11H,4,6,9,16H2,1-3H3,(H,17,20)(H,18,19). The zero-order valence-electron chi connectivity index (χ0n) is 12.3. The zero-order chi connectivity index (χ0) is 15.1. The van der Waals surface area contributed by atoms with Crippen molar-refractivity contribution in [2.45, 2.75) is 26.7 Å². The minimum Gasteiger partial charge on any atom is -0.355 e. The van der Waals surface area contributed by atoms with Crippen molar-refractivity contribution in [1.82, 2.24) is 5.32 Å². The van der Waals surface area contributed by atoms with E-state index in [2.05, 4.69) is 10.6 Å². The number of carbonyl (C=O) groups is 2. The fraction of sp³-hybridized carbons (Fsp3) is 0.467. The molecule has 0 aliphatic carbocycles. The van der Waals surface area contributed by atoms with Gasteiger partial charge in [-0.15, -0.1) is 0 Å². The van der Waals surface area contributed by atoms with Crippen molar-refractivity contribution in [3.63, 3.8) is 0 Å². The van der Waals surface area contributed by atoms with Gasteiger partial charge in [0.25, 0.3) is 5.91 Å². The predicted molar refractivity (Wildman–Crippen MR) is 80.7 cm³/mol. The number of nitrogens with one attached hydrogen (secondary N) is 2. The lowest BCUT2D eigenvalue weighted by Gasteiger charge is -2.16. The van der Waals surface area contributed by atoms with E-state index in [-0.39, 0.29) is 17.7 Å². The summed E-state index contributed by atoms with van der Waals surface area (Å²) in [7, 11) is 1.58. The first-order valence-corrected chi connectivity index (χ1v) is 6.87. The Balaban J connectivity index is 2.93. The number of anilines is 1. The second kappa shape index (κ2) is 7.65. The maximum Gasteiger partial charge on any atom is 0.251 e. The van der Waals surface area contributed by atoms with Crippen molar-refractivity contribution < 1.29 is 9.59 Å². The van der Waals surface area contributed by atoms with Crippen LogP contribution in [0.1, 0.15) is 35.7 Å². The highest BCUT2D eigenvalue weighted by Crippen LogP contribution is 2.20. The van der Waals surface area contributed by atoms with Gasteiger partial charge in [-0.25, -0.2) is 0 Å². The summed E-state index contributed by atoms with van der Waals surface area (Å²) in [6, 6.07) is 5.28. The summed E-state index contributed by atoms with van der Waals surface area (Å²) in [4.78, 5) is 23.9. The Morgan fingerprint density at radius 3 is 2.60 bits per heavy atom. The lowest BCUT2D eigenvalue weighted by atomic mass is 10.0. The number of benzene rings is 1. The predicted octanol–water partition coefficient (Wildman–Crippen LogP) is 1.67. The SMILES string of the molecule is CCCC(CN)C(=O)Nc1cccc(C(=O)NC)c1C. The van der Waals surface area contributed by atoms with Gasteiger partial charge in [0.05, 0.1) is 5.92 Å². The minimum atomic E-state index is -0.192. The van der Waals surface area contributed by atoms with Crippen molar-refractivity contribution in [3.05, 3.63) is 29.3 Å². The minimum absolute atomic E-state index is 0.0912. The Morgan fingerprint density at radius 2 is 2.05 bits per heavy atom. The van der Waals surface area contributed by atoms with E-state index in [9.17, 15) is 9.59 Å². The summed E-state index contributed by atoms with van der Waals surface area (Å²) in [5, 5.41) is 5.45. The highest BCUT2D eigenvalue weighted by Gasteiger charge is 2.18. The molecular weight excluding hydrogens is 254 g/mol. The van der Waals surface area contributed by atoms with Crippen LogP contribution >= 0.6 is 0 Å². The Bertz CT molecular complexity index is 486. The first-order valence-electron chi connectivity index (χ1n) is 6.87. The van der Waals surface area contributed by atoms with Crippen molar-refractivity contribution in [3.8, 4) is 0 Å². The second-order valence-electron chi connectivity index (χ2n) is 4.77. The zero-order valence-corrected chi connectivity index (χ0v) is 12.3. The number of hydrogen-bond donors (Lipinski definition) is 3. The monoisotopic (exact) mass is 277 g/mol. The van der Waals surface area contributed by atoms with Crippen LogP contribution in [0.15, 0.2) is 18.2 Å². The van der Waals surface area contributed by atoms with Crippen molar-refractivity contribution in [2.75, 3.05) is 18.9 Å². The van der Waals surface area contributed by atoms with Crippen LogP contribution in [-0.4, -0.2) is 25.4 Å². The molecule has 0 fully saturated rings. The Kier molecular flexibility index (Phi) is 6.18. The van der Waals surface area contributed by atoms with Crippen molar-refractivity contribution in [2.24, 2.45) is 11.7 Å². The molecular formula is C15H23N3O2. The van der Waals surface area contributed by atoms with Crippen LogP contribution in [0.3, 0.4) is 0 Å².